The molecule has 2 aromatic rings. The summed E-state index contributed by atoms with van der Waals surface area (Å²) in [5.41, 5.74) is 3.71. The normalized spacial score (nSPS) is 31.9. The van der Waals surface area contributed by atoms with Gasteiger partial charge in [-0.05, 0) is 61.1 Å². The van der Waals surface area contributed by atoms with Crippen LogP contribution in [0.25, 0.3) is 0 Å². The van der Waals surface area contributed by atoms with Gasteiger partial charge in [0.15, 0.2) is 0 Å². The summed E-state index contributed by atoms with van der Waals surface area (Å²) < 4.78 is 0. The first-order valence-corrected chi connectivity index (χ1v) is 11.9. The van der Waals surface area contributed by atoms with Gasteiger partial charge in [-0.2, -0.15) is 0 Å². The van der Waals surface area contributed by atoms with E-state index < -0.39 is 6.04 Å². The van der Waals surface area contributed by atoms with E-state index in [9.17, 15) is 14.4 Å². The van der Waals surface area contributed by atoms with E-state index in [2.05, 4.69) is 17.5 Å². The minimum absolute atomic E-state index is 0.145. The topological polar surface area (TPSA) is 66.5 Å². The Labute approximate surface area is 193 Å². The van der Waals surface area contributed by atoms with Crippen LogP contribution < -0.4 is 5.32 Å². The highest BCUT2D eigenvalue weighted by atomic mass is 16.2. The Morgan fingerprint density at radius 3 is 2.21 bits per heavy atom. The van der Waals surface area contributed by atoms with Crippen LogP contribution in [0, 0.1) is 49.4 Å². The minimum atomic E-state index is -0.866. The molecule has 0 radical (unpaired) electrons. The third-order valence-electron chi connectivity index (χ3n) is 8.22. The number of rotatable bonds is 5. The Morgan fingerprint density at radius 2 is 1.61 bits per heavy atom. The molecule has 0 aromatic heterocycles. The zero-order chi connectivity index (χ0) is 22.9. The summed E-state index contributed by atoms with van der Waals surface area (Å²) in [6, 6.07) is 14.6. The fraction of sp³-hybridized carbons (Fsp3) is 0.393. The molecule has 5 aliphatic rings. The second kappa shape index (κ2) is 7.41. The molecule has 0 spiro atoms. The monoisotopic (exact) mass is 440 g/mol. The molecule has 168 valence electrons. The Bertz CT molecular complexity index is 1150. The fourth-order valence-electron chi connectivity index (χ4n) is 6.60. The van der Waals surface area contributed by atoms with Gasteiger partial charge in [0.25, 0.3) is 0 Å². The van der Waals surface area contributed by atoms with Crippen LogP contribution in [0.3, 0.4) is 0 Å². The van der Waals surface area contributed by atoms with E-state index in [-0.39, 0.29) is 41.4 Å². The minimum Gasteiger partial charge on any atom is -0.324 e. The molecule has 7 atom stereocenters. The van der Waals surface area contributed by atoms with Crippen molar-refractivity contribution in [2.24, 2.45) is 35.5 Å². The molecular weight excluding hydrogens is 412 g/mol. The van der Waals surface area contributed by atoms with E-state index in [1.807, 2.05) is 62.4 Å². The molecule has 2 aromatic carbocycles. The van der Waals surface area contributed by atoms with E-state index >= 15 is 0 Å². The van der Waals surface area contributed by atoms with Crippen LogP contribution in [-0.4, -0.2) is 28.7 Å². The number of benzene rings is 2. The predicted molar refractivity (Wildman–Crippen MR) is 125 cm³/mol. The number of likely N-dealkylation sites (tertiary alicyclic amines) is 1. The number of carbonyl (C=O) groups excluding carboxylic acids is 3. The smallest absolute Gasteiger partial charge is 0.248 e. The molecule has 5 nitrogen and oxygen atoms in total. The summed E-state index contributed by atoms with van der Waals surface area (Å²) in [5.74, 6) is 0.128. The summed E-state index contributed by atoms with van der Waals surface area (Å²) in [6.07, 6.45) is 5.76. The molecule has 2 bridgehead atoms. The molecule has 7 rings (SSSR count). The standard InChI is InChI=1S/C28H28N2O3/c1-15-8-11-22(16(2)12-15)29-26(31)23(13-17-6-4-3-5-7-17)30-27(32)24-18-9-10-19(21-14-20(18)21)25(24)28(30)33/h3-12,18-21,23-25H,13-14H2,1-2H3,(H,29,31)/t18-,19-,20-,21-,23-,24-,25+/m1/s1. The maximum absolute atomic E-state index is 13.7. The van der Waals surface area contributed by atoms with Gasteiger partial charge in [-0.15, -0.1) is 0 Å². The van der Waals surface area contributed by atoms with Crippen molar-refractivity contribution in [3.8, 4) is 0 Å². The summed E-state index contributed by atoms with van der Waals surface area (Å²) in [7, 11) is 0. The van der Waals surface area contributed by atoms with E-state index in [4.69, 9.17) is 0 Å². The summed E-state index contributed by atoms with van der Waals surface area (Å²) in [6.45, 7) is 3.96. The molecule has 1 N–H and O–H groups in total. The molecule has 1 heterocycles. The van der Waals surface area contributed by atoms with Gasteiger partial charge in [0.05, 0.1) is 11.8 Å². The predicted octanol–water partition coefficient (Wildman–Crippen LogP) is 3.91. The van der Waals surface area contributed by atoms with Crippen molar-refractivity contribution < 1.29 is 14.4 Å². The summed E-state index contributed by atoms with van der Waals surface area (Å²) in [4.78, 5) is 42.3. The molecule has 3 fully saturated rings. The Hall–Kier alpha value is -3.21. The molecule has 2 saturated carbocycles. The Balaban J connectivity index is 1.34. The molecule has 33 heavy (non-hydrogen) atoms. The fourth-order valence-corrected chi connectivity index (χ4v) is 6.60. The lowest BCUT2D eigenvalue weighted by Crippen LogP contribution is -2.49. The zero-order valence-corrected chi connectivity index (χ0v) is 18.9. The number of nitrogens with zero attached hydrogens (tertiary/aromatic N) is 1. The van der Waals surface area contributed by atoms with Crippen LogP contribution in [0.1, 0.15) is 23.1 Å². The zero-order valence-electron chi connectivity index (χ0n) is 18.9. The third kappa shape index (κ3) is 3.17. The SMILES string of the molecule is Cc1ccc(NC(=O)[C@@H](Cc2ccccc2)N2C(=O)[C@@H]3[C@@H]4C=C[C@H]([C@H]5C[C@H]45)[C@@H]3C2=O)c(C)c1. The number of aryl methyl sites for hydroxylation is 2. The van der Waals surface area contributed by atoms with Crippen LogP contribution in [0.2, 0.25) is 0 Å². The molecule has 1 saturated heterocycles. The van der Waals surface area contributed by atoms with Crippen molar-refractivity contribution in [1.29, 1.82) is 0 Å². The van der Waals surface area contributed by atoms with Gasteiger partial charge in [-0.1, -0.05) is 60.2 Å². The van der Waals surface area contributed by atoms with Gasteiger partial charge in [0.2, 0.25) is 17.7 Å². The number of nitrogens with one attached hydrogen (secondary N) is 1. The third-order valence-corrected chi connectivity index (χ3v) is 8.22. The number of imide groups is 1. The number of hydrogen-bond donors (Lipinski definition) is 1. The molecule has 0 unspecified atom stereocenters. The van der Waals surface area contributed by atoms with Crippen LogP contribution >= 0.6 is 0 Å². The largest absolute Gasteiger partial charge is 0.324 e. The number of allylic oxidation sites excluding steroid dienone is 2. The average Bonchev–Trinajstić information content (AvgIpc) is 3.59. The molecule has 1 aliphatic heterocycles. The van der Waals surface area contributed by atoms with Gasteiger partial charge in [0.1, 0.15) is 6.04 Å². The average molecular weight is 441 g/mol. The van der Waals surface area contributed by atoms with Gasteiger partial charge in [0, 0.05) is 12.1 Å². The van der Waals surface area contributed by atoms with E-state index in [1.54, 1.807) is 0 Å². The van der Waals surface area contributed by atoms with Crippen molar-refractivity contribution in [3.63, 3.8) is 0 Å². The summed E-state index contributed by atoms with van der Waals surface area (Å²) in [5, 5.41) is 3.01. The summed E-state index contributed by atoms with van der Waals surface area (Å²) >= 11 is 0. The highest BCUT2D eigenvalue weighted by Crippen LogP contribution is 2.65. The van der Waals surface area contributed by atoms with Crippen molar-refractivity contribution in [2.75, 3.05) is 5.32 Å². The van der Waals surface area contributed by atoms with Crippen molar-refractivity contribution in [1.82, 2.24) is 4.90 Å². The van der Waals surface area contributed by atoms with Crippen molar-refractivity contribution in [3.05, 3.63) is 77.4 Å². The van der Waals surface area contributed by atoms with Gasteiger partial charge in [-0.25, -0.2) is 0 Å². The first-order chi connectivity index (χ1) is 15.9. The second-order valence-corrected chi connectivity index (χ2v) is 10.2. The van der Waals surface area contributed by atoms with E-state index in [0.717, 1.165) is 23.1 Å². The van der Waals surface area contributed by atoms with Crippen molar-refractivity contribution >= 4 is 23.4 Å². The first-order valence-electron chi connectivity index (χ1n) is 11.9. The van der Waals surface area contributed by atoms with Gasteiger partial charge >= 0.3 is 0 Å². The van der Waals surface area contributed by atoms with Gasteiger partial charge < -0.3 is 5.32 Å². The van der Waals surface area contributed by atoms with Crippen LogP contribution in [-0.2, 0) is 20.8 Å². The second-order valence-electron chi connectivity index (χ2n) is 10.2. The maximum atomic E-state index is 13.7. The molecule has 4 aliphatic carbocycles. The molecular formula is C28H28N2O3. The number of amides is 3. The van der Waals surface area contributed by atoms with Crippen LogP contribution in [0.5, 0.6) is 0 Å². The van der Waals surface area contributed by atoms with Crippen molar-refractivity contribution in [2.45, 2.75) is 32.7 Å². The Morgan fingerprint density at radius 1 is 0.970 bits per heavy atom. The highest BCUT2D eigenvalue weighted by molar-refractivity contribution is 6.10. The number of carbonyl (C=O) groups is 3. The quantitative estimate of drug-likeness (QED) is 0.566. The highest BCUT2D eigenvalue weighted by Gasteiger charge is 2.67. The van der Waals surface area contributed by atoms with Crippen LogP contribution in [0.15, 0.2) is 60.7 Å². The van der Waals surface area contributed by atoms with E-state index in [0.29, 0.717) is 23.9 Å². The number of hydrogen-bond acceptors (Lipinski definition) is 3. The number of anilines is 1. The first kappa shape index (κ1) is 20.4. The maximum Gasteiger partial charge on any atom is 0.248 e. The Kier molecular flexibility index (Phi) is 4.58. The van der Waals surface area contributed by atoms with Crippen LogP contribution in [0.4, 0.5) is 5.69 Å². The lowest BCUT2D eigenvalue weighted by Gasteiger charge is -2.37. The molecule has 3 amide bonds. The molecule has 5 heteroatoms. The van der Waals surface area contributed by atoms with E-state index in [1.165, 1.54) is 4.90 Å². The van der Waals surface area contributed by atoms with Gasteiger partial charge in [-0.3, -0.25) is 19.3 Å². The lowest BCUT2D eigenvalue weighted by molar-refractivity contribution is -0.146. The lowest BCUT2D eigenvalue weighted by atomic mass is 9.63.